The van der Waals surface area contributed by atoms with Gasteiger partial charge in [0, 0.05) is 12.1 Å². The van der Waals surface area contributed by atoms with Crippen molar-refractivity contribution in [2.24, 2.45) is 11.1 Å². The molecule has 1 fully saturated rings. The van der Waals surface area contributed by atoms with Gasteiger partial charge in [0.25, 0.3) is 5.91 Å². The van der Waals surface area contributed by atoms with Gasteiger partial charge in [-0.3, -0.25) is 4.79 Å². The summed E-state index contributed by atoms with van der Waals surface area (Å²) in [5.74, 6) is 0.543. The number of amides is 1. The maximum Gasteiger partial charge on any atom is 0.255 e. The summed E-state index contributed by atoms with van der Waals surface area (Å²) in [4.78, 5) is 12.1. The third kappa shape index (κ3) is 2.81. The molecule has 0 bridgehead atoms. The molecule has 1 aliphatic heterocycles. The number of fused-ring (bicyclic) bond motifs is 1. The first kappa shape index (κ1) is 14.2. The zero-order valence-corrected chi connectivity index (χ0v) is 12.3. The van der Waals surface area contributed by atoms with Crippen LogP contribution in [0.15, 0.2) is 17.0 Å². The molecule has 8 heteroatoms. The van der Waals surface area contributed by atoms with E-state index >= 15 is 0 Å². The highest BCUT2D eigenvalue weighted by Gasteiger charge is 2.35. The highest BCUT2D eigenvalue weighted by atomic mass is 32.2. The van der Waals surface area contributed by atoms with Crippen LogP contribution < -0.4 is 19.9 Å². The topological polar surface area (TPSA) is 108 Å². The van der Waals surface area contributed by atoms with Crippen molar-refractivity contribution in [1.29, 1.82) is 0 Å². The quantitative estimate of drug-likeness (QED) is 0.831. The van der Waals surface area contributed by atoms with Crippen molar-refractivity contribution >= 4 is 15.9 Å². The van der Waals surface area contributed by atoms with E-state index in [1.54, 1.807) is 0 Å². The molecule has 2 unspecified atom stereocenters. The van der Waals surface area contributed by atoms with E-state index < -0.39 is 10.0 Å². The Morgan fingerprint density at radius 3 is 2.62 bits per heavy atom. The summed E-state index contributed by atoms with van der Waals surface area (Å²) >= 11 is 0. The molecule has 3 rings (SSSR count). The lowest BCUT2D eigenvalue weighted by molar-refractivity contribution is 0.0937. The number of carbonyl (C=O) groups is 1. The lowest BCUT2D eigenvalue weighted by Gasteiger charge is -2.21. The van der Waals surface area contributed by atoms with Crippen LogP contribution in [0.2, 0.25) is 0 Å². The fourth-order valence-electron chi connectivity index (χ4n) is 2.23. The molecule has 1 aromatic carbocycles. The molecule has 2 atom stereocenters. The predicted octanol–water partition coefficient (Wildman–Crippen LogP) is 0.243. The largest absolute Gasteiger partial charge is 0.486 e. The Morgan fingerprint density at radius 2 is 2.00 bits per heavy atom. The van der Waals surface area contributed by atoms with Gasteiger partial charge < -0.3 is 14.8 Å². The molecule has 0 aromatic heterocycles. The number of primary sulfonamides is 1. The molecule has 1 saturated carbocycles. The Bertz CT molecular complexity index is 701. The molecule has 1 aromatic rings. The van der Waals surface area contributed by atoms with Crippen molar-refractivity contribution in [2.45, 2.75) is 24.3 Å². The zero-order chi connectivity index (χ0) is 15.2. The van der Waals surface area contributed by atoms with Crippen molar-refractivity contribution in [3.8, 4) is 11.5 Å². The minimum atomic E-state index is -3.93. The Morgan fingerprint density at radius 1 is 1.33 bits per heavy atom. The fourth-order valence-corrected chi connectivity index (χ4v) is 2.78. The Balaban J connectivity index is 2.02. The molecule has 1 heterocycles. The number of carbonyl (C=O) groups excluding carboxylic acids is 1. The second-order valence-electron chi connectivity index (χ2n) is 5.33. The Kier molecular flexibility index (Phi) is 3.29. The molecule has 2 aliphatic rings. The Hall–Kier alpha value is -1.80. The molecule has 1 amide bonds. The zero-order valence-electron chi connectivity index (χ0n) is 11.5. The van der Waals surface area contributed by atoms with Gasteiger partial charge in [-0.15, -0.1) is 0 Å². The van der Waals surface area contributed by atoms with Crippen LogP contribution in [0, 0.1) is 5.92 Å². The lowest BCUT2D eigenvalue weighted by atomic mass is 10.1. The summed E-state index contributed by atoms with van der Waals surface area (Å²) in [6, 6.07) is 2.63. The van der Waals surface area contributed by atoms with Crippen LogP contribution in [0.1, 0.15) is 23.7 Å². The van der Waals surface area contributed by atoms with E-state index in [0.29, 0.717) is 19.1 Å². The van der Waals surface area contributed by atoms with Gasteiger partial charge in [-0.1, -0.05) is 6.92 Å². The first-order valence-electron chi connectivity index (χ1n) is 6.63. The molecular weight excluding hydrogens is 296 g/mol. The van der Waals surface area contributed by atoms with Gasteiger partial charge in [-0.2, -0.15) is 0 Å². The summed E-state index contributed by atoms with van der Waals surface area (Å²) in [5, 5.41) is 7.98. The summed E-state index contributed by atoms with van der Waals surface area (Å²) in [7, 11) is -3.93. The first-order chi connectivity index (χ1) is 9.86. The number of ether oxygens (including phenoxy) is 2. The lowest BCUT2D eigenvalue weighted by Crippen LogP contribution is -2.29. The summed E-state index contributed by atoms with van der Waals surface area (Å²) < 4.78 is 33.9. The monoisotopic (exact) mass is 312 g/mol. The summed E-state index contributed by atoms with van der Waals surface area (Å²) in [6.07, 6.45) is 0.917. The molecule has 3 N–H and O–H groups in total. The van der Waals surface area contributed by atoms with E-state index in [4.69, 9.17) is 14.6 Å². The van der Waals surface area contributed by atoms with Gasteiger partial charge in [0.1, 0.15) is 13.2 Å². The van der Waals surface area contributed by atoms with Gasteiger partial charge >= 0.3 is 0 Å². The van der Waals surface area contributed by atoms with Gasteiger partial charge in [-0.05, 0) is 18.4 Å². The number of rotatable bonds is 3. The number of hydrogen-bond acceptors (Lipinski definition) is 5. The highest BCUT2D eigenvalue weighted by Crippen LogP contribution is 2.37. The first-order valence-corrected chi connectivity index (χ1v) is 8.18. The number of nitrogens with one attached hydrogen (secondary N) is 1. The fraction of sp³-hybridized carbons (Fsp3) is 0.462. The summed E-state index contributed by atoms with van der Waals surface area (Å²) in [5.41, 5.74) is 0.135. The van der Waals surface area contributed by atoms with E-state index in [1.807, 2.05) is 6.92 Å². The van der Waals surface area contributed by atoms with Crippen LogP contribution in [0.25, 0.3) is 0 Å². The van der Waals surface area contributed by atoms with Crippen molar-refractivity contribution in [3.05, 3.63) is 17.7 Å². The minimum Gasteiger partial charge on any atom is -0.486 e. The minimum absolute atomic E-state index is 0.121. The number of sulfonamides is 1. The molecular formula is C13H16N2O5S. The number of hydrogen-bond donors (Lipinski definition) is 2. The van der Waals surface area contributed by atoms with Crippen molar-refractivity contribution in [2.75, 3.05) is 13.2 Å². The molecule has 0 radical (unpaired) electrons. The average Bonchev–Trinajstić information content (AvgIpc) is 3.11. The standard InChI is InChI=1S/C13H16N2O5S/c1-7-4-10(7)15-13(16)9-5-8(21(14,17)18)6-11-12(9)20-3-2-19-11/h5-7,10H,2-4H2,1H3,(H,15,16)(H2,14,17,18). The van der Waals surface area contributed by atoms with Crippen LogP contribution >= 0.6 is 0 Å². The van der Waals surface area contributed by atoms with E-state index in [0.717, 1.165) is 6.42 Å². The van der Waals surface area contributed by atoms with E-state index in [9.17, 15) is 13.2 Å². The van der Waals surface area contributed by atoms with E-state index in [1.165, 1.54) is 12.1 Å². The predicted molar refractivity (Wildman–Crippen MR) is 73.8 cm³/mol. The number of benzene rings is 1. The van der Waals surface area contributed by atoms with Gasteiger partial charge in [0.15, 0.2) is 11.5 Å². The van der Waals surface area contributed by atoms with E-state index in [2.05, 4.69) is 5.32 Å². The third-order valence-corrected chi connectivity index (χ3v) is 4.51. The second-order valence-corrected chi connectivity index (χ2v) is 6.89. The smallest absolute Gasteiger partial charge is 0.255 e. The van der Waals surface area contributed by atoms with Gasteiger partial charge in [-0.25, -0.2) is 13.6 Å². The van der Waals surface area contributed by atoms with Gasteiger partial charge in [0.05, 0.1) is 10.5 Å². The second kappa shape index (κ2) is 4.88. The molecule has 0 spiro atoms. The molecule has 21 heavy (non-hydrogen) atoms. The molecule has 0 saturated heterocycles. The normalized spacial score (nSPS) is 23.5. The van der Waals surface area contributed by atoms with Crippen molar-refractivity contribution < 1.29 is 22.7 Å². The van der Waals surface area contributed by atoms with Crippen LogP contribution in [0.4, 0.5) is 0 Å². The van der Waals surface area contributed by atoms with Crippen LogP contribution in [-0.2, 0) is 10.0 Å². The SMILES string of the molecule is CC1CC1NC(=O)c1cc(S(N)(=O)=O)cc2c1OCCO2. The van der Waals surface area contributed by atoms with Crippen LogP contribution in [0.5, 0.6) is 11.5 Å². The Labute approximate surface area is 122 Å². The molecule has 114 valence electrons. The van der Waals surface area contributed by atoms with Crippen LogP contribution in [-0.4, -0.2) is 33.6 Å². The van der Waals surface area contributed by atoms with Crippen molar-refractivity contribution in [3.63, 3.8) is 0 Å². The highest BCUT2D eigenvalue weighted by molar-refractivity contribution is 7.89. The maximum absolute atomic E-state index is 12.3. The van der Waals surface area contributed by atoms with Crippen LogP contribution in [0.3, 0.4) is 0 Å². The molecule has 7 nitrogen and oxygen atoms in total. The maximum atomic E-state index is 12.3. The average molecular weight is 312 g/mol. The molecule has 1 aliphatic carbocycles. The summed E-state index contributed by atoms with van der Waals surface area (Å²) in [6.45, 7) is 2.63. The van der Waals surface area contributed by atoms with E-state index in [-0.39, 0.29) is 33.9 Å². The van der Waals surface area contributed by atoms with Crippen molar-refractivity contribution in [1.82, 2.24) is 5.32 Å². The van der Waals surface area contributed by atoms with Gasteiger partial charge in [0.2, 0.25) is 10.0 Å². The third-order valence-electron chi connectivity index (χ3n) is 3.61. The number of nitrogens with two attached hydrogens (primary N) is 1.